The largest absolute Gasteiger partial charge is 0.490 e. The molecule has 1 aromatic carbocycles. The maximum absolute atomic E-state index is 5.87. The van der Waals surface area contributed by atoms with E-state index in [1.54, 1.807) is 6.20 Å². The Balaban J connectivity index is 2.07. The van der Waals surface area contributed by atoms with Gasteiger partial charge < -0.3 is 15.2 Å². The molecule has 21 heavy (non-hydrogen) atoms. The Hall–Kier alpha value is -1.59. The first kappa shape index (κ1) is 15.8. The topological polar surface area (TPSA) is 57.4 Å². The van der Waals surface area contributed by atoms with E-state index >= 15 is 0 Å². The Morgan fingerprint density at radius 2 is 2.10 bits per heavy atom. The second kappa shape index (κ2) is 8.00. The van der Waals surface area contributed by atoms with Gasteiger partial charge in [-0.15, -0.1) is 0 Å². The van der Waals surface area contributed by atoms with Crippen LogP contribution >= 0.6 is 15.9 Å². The zero-order valence-corrected chi connectivity index (χ0v) is 13.6. The number of nitrogens with zero attached hydrogens (tertiary/aromatic N) is 1. The first-order valence-corrected chi connectivity index (χ1v) is 7.72. The van der Waals surface area contributed by atoms with E-state index < -0.39 is 0 Å². The van der Waals surface area contributed by atoms with Gasteiger partial charge in [0, 0.05) is 24.9 Å². The number of ether oxygens (including phenoxy) is 2. The molecule has 0 saturated heterocycles. The monoisotopic (exact) mass is 350 g/mol. The summed E-state index contributed by atoms with van der Waals surface area (Å²) in [6.07, 6.45) is 2.53. The van der Waals surface area contributed by atoms with Crippen LogP contribution in [-0.4, -0.2) is 18.2 Å². The summed E-state index contributed by atoms with van der Waals surface area (Å²) in [4.78, 5) is 4.28. The first-order valence-electron chi connectivity index (χ1n) is 6.92. The average Bonchev–Trinajstić information content (AvgIpc) is 2.51. The predicted octanol–water partition coefficient (Wildman–Crippen LogP) is 3.32. The minimum atomic E-state index is 0.465. The zero-order chi connectivity index (χ0) is 15.1. The van der Waals surface area contributed by atoms with Crippen LogP contribution in [0.25, 0.3) is 0 Å². The van der Waals surface area contributed by atoms with E-state index in [1.165, 1.54) is 0 Å². The molecule has 0 radical (unpaired) electrons. The molecule has 2 rings (SSSR count). The molecule has 5 heteroatoms. The Labute approximate surface area is 133 Å². The summed E-state index contributed by atoms with van der Waals surface area (Å²) in [5.74, 6) is 1.43. The summed E-state index contributed by atoms with van der Waals surface area (Å²) in [6.45, 7) is 3.53. The molecule has 0 unspecified atom stereocenters. The summed E-state index contributed by atoms with van der Waals surface area (Å²) in [6, 6.07) is 9.74. The van der Waals surface area contributed by atoms with Gasteiger partial charge in [-0.2, -0.15) is 0 Å². The molecule has 0 aliphatic carbocycles. The summed E-state index contributed by atoms with van der Waals surface area (Å²) >= 11 is 3.52. The lowest BCUT2D eigenvalue weighted by molar-refractivity contribution is 0.276. The third kappa shape index (κ3) is 4.44. The van der Waals surface area contributed by atoms with E-state index in [2.05, 4.69) is 20.9 Å². The smallest absolute Gasteiger partial charge is 0.175 e. The molecule has 0 aliphatic rings. The van der Waals surface area contributed by atoms with Crippen LogP contribution in [-0.2, 0) is 13.0 Å². The summed E-state index contributed by atoms with van der Waals surface area (Å²) in [5.41, 5.74) is 7.69. The van der Waals surface area contributed by atoms with Gasteiger partial charge >= 0.3 is 0 Å². The number of rotatable bonds is 7. The minimum Gasteiger partial charge on any atom is -0.490 e. The van der Waals surface area contributed by atoms with Crippen molar-refractivity contribution in [2.24, 2.45) is 5.73 Å². The highest BCUT2D eigenvalue weighted by molar-refractivity contribution is 9.10. The molecule has 0 fully saturated rings. The van der Waals surface area contributed by atoms with Crippen LogP contribution in [0, 0.1) is 0 Å². The van der Waals surface area contributed by atoms with Crippen molar-refractivity contribution in [3.63, 3.8) is 0 Å². The zero-order valence-electron chi connectivity index (χ0n) is 12.0. The van der Waals surface area contributed by atoms with Gasteiger partial charge in [0.1, 0.15) is 0 Å². The molecule has 1 heterocycles. The quantitative estimate of drug-likeness (QED) is 0.831. The molecule has 4 nitrogen and oxygen atoms in total. The third-order valence-corrected chi connectivity index (χ3v) is 3.52. The van der Waals surface area contributed by atoms with Crippen molar-refractivity contribution in [1.29, 1.82) is 0 Å². The fraction of sp³-hybridized carbons (Fsp3) is 0.312. The maximum Gasteiger partial charge on any atom is 0.175 e. The van der Waals surface area contributed by atoms with Crippen molar-refractivity contribution in [1.82, 2.24) is 4.98 Å². The Bertz CT molecular complexity index is 576. The summed E-state index contributed by atoms with van der Waals surface area (Å²) in [7, 11) is 0. The van der Waals surface area contributed by atoms with Crippen LogP contribution < -0.4 is 15.2 Å². The lowest BCUT2D eigenvalue weighted by Crippen LogP contribution is -2.06. The summed E-state index contributed by atoms with van der Waals surface area (Å²) in [5, 5.41) is 0. The normalized spacial score (nSPS) is 10.4. The average molecular weight is 351 g/mol. The van der Waals surface area contributed by atoms with E-state index in [0.29, 0.717) is 31.3 Å². The number of aromatic nitrogens is 1. The van der Waals surface area contributed by atoms with Crippen LogP contribution in [0.2, 0.25) is 0 Å². The number of halogens is 1. The van der Waals surface area contributed by atoms with Crippen molar-refractivity contribution >= 4 is 15.9 Å². The second-order valence-corrected chi connectivity index (χ2v) is 5.32. The molecule has 0 atom stereocenters. The van der Waals surface area contributed by atoms with Crippen molar-refractivity contribution in [3.05, 3.63) is 52.3 Å². The van der Waals surface area contributed by atoms with Gasteiger partial charge in [-0.25, -0.2) is 0 Å². The first-order chi connectivity index (χ1) is 10.2. The van der Waals surface area contributed by atoms with Gasteiger partial charge in [0.05, 0.1) is 17.7 Å². The fourth-order valence-electron chi connectivity index (χ4n) is 1.95. The van der Waals surface area contributed by atoms with Crippen LogP contribution in [0.5, 0.6) is 11.5 Å². The third-order valence-electron chi connectivity index (χ3n) is 2.94. The van der Waals surface area contributed by atoms with Crippen molar-refractivity contribution in [2.75, 3.05) is 13.2 Å². The number of hydrogen-bond acceptors (Lipinski definition) is 4. The Morgan fingerprint density at radius 3 is 2.76 bits per heavy atom. The predicted molar refractivity (Wildman–Crippen MR) is 86.6 cm³/mol. The molecule has 2 N–H and O–H groups in total. The number of pyridine rings is 1. The van der Waals surface area contributed by atoms with E-state index in [0.717, 1.165) is 22.2 Å². The molecule has 1 aromatic heterocycles. The van der Waals surface area contributed by atoms with E-state index in [4.69, 9.17) is 15.2 Å². The van der Waals surface area contributed by atoms with Gasteiger partial charge in [0.2, 0.25) is 0 Å². The van der Waals surface area contributed by atoms with Crippen molar-refractivity contribution in [2.45, 2.75) is 19.9 Å². The molecule has 0 spiro atoms. The van der Waals surface area contributed by atoms with Crippen LogP contribution in [0.1, 0.15) is 18.2 Å². The number of nitrogens with two attached hydrogens (primary N) is 1. The lowest BCUT2D eigenvalue weighted by Gasteiger charge is -2.15. The highest BCUT2D eigenvalue weighted by Crippen LogP contribution is 2.36. The Morgan fingerprint density at radius 1 is 1.24 bits per heavy atom. The maximum atomic E-state index is 5.87. The SMILES string of the molecule is CCOc1cc(CN)cc(Br)c1OCCc1ccccn1. The van der Waals surface area contributed by atoms with Gasteiger partial charge in [-0.1, -0.05) is 6.07 Å². The second-order valence-electron chi connectivity index (χ2n) is 4.46. The molecular weight excluding hydrogens is 332 g/mol. The van der Waals surface area contributed by atoms with Crippen molar-refractivity contribution < 1.29 is 9.47 Å². The molecule has 0 saturated carbocycles. The van der Waals surface area contributed by atoms with Crippen LogP contribution in [0.4, 0.5) is 0 Å². The molecule has 0 bridgehead atoms. The van der Waals surface area contributed by atoms with Crippen LogP contribution in [0.3, 0.4) is 0 Å². The van der Waals surface area contributed by atoms with Gasteiger partial charge in [-0.05, 0) is 52.7 Å². The highest BCUT2D eigenvalue weighted by atomic mass is 79.9. The molecule has 0 aliphatic heterocycles. The van der Waals surface area contributed by atoms with Crippen molar-refractivity contribution in [3.8, 4) is 11.5 Å². The van der Waals surface area contributed by atoms with E-state index in [1.807, 2.05) is 37.3 Å². The molecule has 0 amide bonds. The van der Waals surface area contributed by atoms with Gasteiger partial charge in [0.15, 0.2) is 11.5 Å². The molecule has 112 valence electrons. The lowest BCUT2D eigenvalue weighted by atomic mass is 10.2. The molecule has 2 aromatic rings. The fourth-order valence-corrected chi connectivity index (χ4v) is 2.55. The highest BCUT2D eigenvalue weighted by Gasteiger charge is 2.12. The standard InChI is InChI=1S/C16H19BrN2O2/c1-2-20-15-10-12(11-18)9-14(17)16(15)21-8-6-13-5-3-4-7-19-13/h3-5,7,9-10H,2,6,8,11,18H2,1H3. The van der Waals surface area contributed by atoms with Gasteiger partial charge in [0.25, 0.3) is 0 Å². The van der Waals surface area contributed by atoms with E-state index in [-0.39, 0.29) is 0 Å². The minimum absolute atomic E-state index is 0.465. The van der Waals surface area contributed by atoms with E-state index in [9.17, 15) is 0 Å². The molecular formula is C16H19BrN2O2. The van der Waals surface area contributed by atoms with Crippen LogP contribution in [0.15, 0.2) is 41.0 Å². The summed E-state index contributed by atoms with van der Waals surface area (Å²) < 4.78 is 12.4. The number of benzene rings is 1. The Kier molecular flexibility index (Phi) is 6.02. The number of hydrogen-bond donors (Lipinski definition) is 1. The van der Waals surface area contributed by atoms with Gasteiger partial charge in [-0.3, -0.25) is 4.98 Å².